The Morgan fingerprint density at radius 1 is 0.833 bits per heavy atom. The van der Waals surface area contributed by atoms with Gasteiger partial charge in [-0.1, -0.05) is 60.7 Å². The number of hydrogen-bond donors (Lipinski definition) is 0. The second-order valence-electron chi connectivity index (χ2n) is 5.70. The molecule has 1 aliphatic heterocycles. The lowest BCUT2D eigenvalue weighted by Crippen LogP contribution is -2.45. The van der Waals surface area contributed by atoms with E-state index in [1.54, 1.807) is 60.7 Å². The number of carbonyl (C=O) groups is 3. The molecule has 2 atom stereocenters. The molecule has 1 aliphatic rings. The Morgan fingerprint density at radius 2 is 1.29 bits per heavy atom. The molecule has 5 heteroatoms. The zero-order chi connectivity index (χ0) is 17.4. The molecule has 2 aromatic carbocycles. The van der Waals surface area contributed by atoms with Gasteiger partial charge in [0.25, 0.3) is 5.60 Å². The zero-order valence-electron chi connectivity index (χ0n) is 13.3. The molecule has 0 saturated carbocycles. The summed E-state index contributed by atoms with van der Waals surface area (Å²) in [4.78, 5) is 38.1. The Labute approximate surface area is 139 Å². The molecule has 0 spiro atoms. The summed E-state index contributed by atoms with van der Waals surface area (Å²) in [6, 6.07) is 16.7. The molecule has 1 saturated heterocycles. The van der Waals surface area contributed by atoms with Gasteiger partial charge in [0.05, 0.1) is 7.11 Å². The van der Waals surface area contributed by atoms with Gasteiger partial charge in [-0.2, -0.15) is 0 Å². The number of methoxy groups -OCH3 is 1. The van der Waals surface area contributed by atoms with Crippen molar-refractivity contribution in [2.24, 2.45) is 0 Å². The van der Waals surface area contributed by atoms with E-state index < -0.39 is 28.7 Å². The average Bonchev–Trinajstić information content (AvgIpc) is 3.29. The third kappa shape index (κ3) is 2.17. The lowest BCUT2D eigenvalue weighted by molar-refractivity contribution is -0.144. The van der Waals surface area contributed by atoms with Crippen LogP contribution in [0.4, 0.5) is 0 Å². The smallest absolute Gasteiger partial charge is 0.350 e. The fourth-order valence-corrected chi connectivity index (χ4v) is 2.88. The largest absolute Gasteiger partial charge is 0.466 e. The first-order valence-corrected chi connectivity index (χ1v) is 7.45. The molecular formula is C19H16O5. The summed E-state index contributed by atoms with van der Waals surface area (Å²) in [5, 5.41) is 0. The predicted molar refractivity (Wildman–Crippen MR) is 85.8 cm³/mol. The Balaban J connectivity index is 2.03. The van der Waals surface area contributed by atoms with Crippen molar-refractivity contribution in [2.45, 2.75) is 18.1 Å². The highest BCUT2D eigenvalue weighted by Crippen LogP contribution is 2.52. The number of hydrogen-bond acceptors (Lipinski definition) is 5. The normalized spacial score (nSPS) is 24.9. The molecule has 0 radical (unpaired) electrons. The van der Waals surface area contributed by atoms with Crippen molar-refractivity contribution in [1.29, 1.82) is 0 Å². The number of ketones is 2. The monoisotopic (exact) mass is 324 g/mol. The van der Waals surface area contributed by atoms with Crippen molar-refractivity contribution in [3.8, 4) is 0 Å². The van der Waals surface area contributed by atoms with Crippen LogP contribution in [0, 0.1) is 0 Å². The third-order valence-electron chi connectivity index (χ3n) is 4.29. The van der Waals surface area contributed by atoms with Gasteiger partial charge in [0.1, 0.15) is 0 Å². The molecule has 5 nitrogen and oxygen atoms in total. The van der Waals surface area contributed by atoms with Crippen LogP contribution in [0.2, 0.25) is 0 Å². The van der Waals surface area contributed by atoms with Crippen LogP contribution in [0.1, 0.15) is 27.6 Å². The second kappa shape index (κ2) is 5.69. The van der Waals surface area contributed by atoms with Crippen LogP contribution >= 0.6 is 0 Å². The summed E-state index contributed by atoms with van der Waals surface area (Å²) < 4.78 is 10.3. The topological polar surface area (TPSA) is 73.0 Å². The summed E-state index contributed by atoms with van der Waals surface area (Å²) in [6.45, 7) is 1.44. The summed E-state index contributed by atoms with van der Waals surface area (Å²) in [6.07, 6.45) is 0. The fraction of sp³-hybridized carbons (Fsp3) is 0.211. The maximum absolute atomic E-state index is 12.9. The summed E-state index contributed by atoms with van der Waals surface area (Å²) >= 11 is 0. The van der Waals surface area contributed by atoms with Gasteiger partial charge in [-0.15, -0.1) is 0 Å². The van der Waals surface area contributed by atoms with Crippen molar-refractivity contribution >= 4 is 17.5 Å². The molecule has 0 unspecified atom stereocenters. The minimum absolute atomic E-state index is 0.285. The van der Waals surface area contributed by atoms with E-state index in [2.05, 4.69) is 0 Å². The van der Waals surface area contributed by atoms with Crippen molar-refractivity contribution in [1.82, 2.24) is 0 Å². The standard InChI is InChI=1S/C19H16O5/c1-18(15(20)13-9-5-3-6-10-13)19(24-18,17(22)23-2)16(21)14-11-7-4-8-12-14/h3-12H,1-2H3/t18-,19+/m0/s1. The molecule has 0 amide bonds. The van der Waals surface area contributed by atoms with Crippen LogP contribution in [-0.2, 0) is 14.3 Å². The first kappa shape index (κ1) is 16.1. The van der Waals surface area contributed by atoms with E-state index in [0.717, 1.165) is 7.11 Å². The van der Waals surface area contributed by atoms with E-state index in [1.807, 2.05) is 0 Å². The quantitative estimate of drug-likeness (QED) is 0.365. The van der Waals surface area contributed by atoms with Crippen molar-refractivity contribution in [3.63, 3.8) is 0 Å². The number of ether oxygens (including phenoxy) is 2. The van der Waals surface area contributed by atoms with Crippen molar-refractivity contribution in [3.05, 3.63) is 71.8 Å². The van der Waals surface area contributed by atoms with Gasteiger partial charge in [-0.05, 0) is 6.92 Å². The molecule has 1 heterocycles. The van der Waals surface area contributed by atoms with Crippen LogP contribution in [0.3, 0.4) is 0 Å². The van der Waals surface area contributed by atoms with Crippen LogP contribution in [0.15, 0.2) is 60.7 Å². The highest BCUT2D eigenvalue weighted by molar-refractivity contribution is 6.26. The summed E-state index contributed by atoms with van der Waals surface area (Å²) in [5.41, 5.74) is -2.89. The number of esters is 1. The molecular weight excluding hydrogens is 308 g/mol. The minimum atomic E-state index is -1.95. The molecule has 0 aromatic heterocycles. The van der Waals surface area contributed by atoms with E-state index in [4.69, 9.17) is 9.47 Å². The molecule has 0 bridgehead atoms. The molecule has 122 valence electrons. The molecule has 0 aliphatic carbocycles. The maximum Gasteiger partial charge on any atom is 0.350 e. The van der Waals surface area contributed by atoms with Crippen LogP contribution in [0.25, 0.3) is 0 Å². The molecule has 1 fully saturated rings. The Kier molecular flexibility index (Phi) is 3.81. The van der Waals surface area contributed by atoms with Gasteiger partial charge in [-0.25, -0.2) is 4.79 Å². The molecule has 3 rings (SSSR count). The van der Waals surface area contributed by atoms with Gasteiger partial charge in [-0.3, -0.25) is 9.59 Å². The van der Waals surface area contributed by atoms with E-state index in [-0.39, 0.29) is 5.56 Å². The van der Waals surface area contributed by atoms with E-state index in [0.29, 0.717) is 5.56 Å². The van der Waals surface area contributed by atoms with Gasteiger partial charge >= 0.3 is 5.97 Å². The number of epoxide rings is 1. The summed E-state index contributed by atoms with van der Waals surface area (Å²) in [7, 11) is 1.16. The van der Waals surface area contributed by atoms with Gasteiger partial charge in [0.15, 0.2) is 11.4 Å². The number of carbonyl (C=O) groups excluding carboxylic acids is 3. The zero-order valence-corrected chi connectivity index (χ0v) is 13.3. The predicted octanol–water partition coefficient (Wildman–Crippen LogP) is 2.45. The highest BCUT2D eigenvalue weighted by Gasteiger charge is 2.81. The van der Waals surface area contributed by atoms with Crippen LogP contribution < -0.4 is 0 Å². The Hall–Kier alpha value is -2.79. The third-order valence-corrected chi connectivity index (χ3v) is 4.29. The van der Waals surface area contributed by atoms with E-state index >= 15 is 0 Å². The van der Waals surface area contributed by atoms with Gasteiger partial charge in [0, 0.05) is 11.1 Å². The van der Waals surface area contributed by atoms with E-state index in [1.165, 1.54) is 6.92 Å². The molecule has 2 aromatic rings. The fourth-order valence-electron chi connectivity index (χ4n) is 2.88. The Bertz CT molecular complexity index is 799. The van der Waals surface area contributed by atoms with Crippen molar-refractivity contribution < 1.29 is 23.9 Å². The number of rotatable bonds is 5. The van der Waals surface area contributed by atoms with Gasteiger partial charge in [0.2, 0.25) is 5.78 Å². The first-order chi connectivity index (χ1) is 11.5. The Morgan fingerprint density at radius 3 is 1.75 bits per heavy atom. The van der Waals surface area contributed by atoms with Crippen LogP contribution in [-0.4, -0.2) is 35.8 Å². The number of benzene rings is 2. The van der Waals surface area contributed by atoms with Crippen molar-refractivity contribution in [2.75, 3.05) is 7.11 Å². The van der Waals surface area contributed by atoms with Gasteiger partial charge < -0.3 is 9.47 Å². The van der Waals surface area contributed by atoms with Crippen LogP contribution in [0.5, 0.6) is 0 Å². The second-order valence-corrected chi connectivity index (χ2v) is 5.70. The summed E-state index contributed by atoms with van der Waals surface area (Å²) in [5.74, 6) is -1.89. The lowest BCUT2D eigenvalue weighted by Gasteiger charge is -2.13. The highest BCUT2D eigenvalue weighted by atomic mass is 16.7. The minimum Gasteiger partial charge on any atom is -0.466 e. The SMILES string of the molecule is COC(=O)[C@@]1(C(=O)c2ccccc2)O[C@@]1(C)C(=O)c1ccccc1. The molecule has 0 N–H and O–H groups in total. The van der Waals surface area contributed by atoms with E-state index in [9.17, 15) is 14.4 Å². The molecule has 24 heavy (non-hydrogen) atoms. The maximum atomic E-state index is 12.9. The lowest BCUT2D eigenvalue weighted by atomic mass is 9.82. The number of Topliss-reactive ketones (excluding diaryl/α,β-unsaturated/α-hetero) is 2. The first-order valence-electron chi connectivity index (χ1n) is 7.45. The average molecular weight is 324 g/mol.